The van der Waals surface area contributed by atoms with Crippen LogP contribution in [0.2, 0.25) is 0 Å². The molecule has 1 rings (SSSR count). The van der Waals surface area contributed by atoms with Gasteiger partial charge >= 0.3 is 0 Å². The fraction of sp³-hybridized carbons (Fsp3) is 1.00. The first-order chi connectivity index (χ1) is 5.61. The van der Waals surface area contributed by atoms with Crippen LogP contribution in [0.3, 0.4) is 0 Å². The molecule has 72 valence electrons. The largest absolute Gasteiger partial charge is 0.315 e. The maximum absolute atomic E-state index is 3.47. The van der Waals surface area contributed by atoms with Gasteiger partial charge in [0.05, 0.1) is 0 Å². The molecule has 0 amide bonds. The maximum Gasteiger partial charge on any atom is 0.0234 e. The molecule has 0 spiro atoms. The van der Waals surface area contributed by atoms with Crippen LogP contribution in [0, 0.1) is 5.41 Å². The highest BCUT2D eigenvalue weighted by atomic mass is 32.2. The third-order valence-corrected chi connectivity index (χ3v) is 4.25. The third kappa shape index (κ3) is 1.97. The van der Waals surface area contributed by atoms with E-state index in [-0.39, 0.29) is 0 Å². The molecule has 0 aromatic heterocycles. The Morgan fingerprint density at radius 1 is 1.42 bits per heavy atom. The molecule has 0 aromatic rings. The van der Waals surface area contributed by atoms with Gasteiger partial charge in [0.25, 0.3) is 0 Å². The Hall–Kier alpha value is 0.310. The van der Waals surface area contributed by atoms with E-state index >= 15 is 0 Å². The van der Waals surface area contributed by atoms with E-state index < -0.39 is 0 Å². The van der Waals surface area contributed by atoms with Crippen LogP contribution < -0.4 is 5.32 Å². The Morgan fingerprint density at radius 3 is 2.50 bits per heavy atom. The Labute approximate surface area is 80.7 Å². The summed E-state index contributed by atoms with van der Waals surface area (Å²) >= 11 is 2.02. The molecule has 1 saturated carbocycles. The van der Waals surface area contributed by atoms with Crippen molar-refractivity contribution >= 4 is 11.8 Å². The maximum atomic E-state index is 3.47. The van der Waals surface area contributed by atoms with E-state index in [4.69, 9.17) is 0 Å². The zero-order valence-electron chi connectivity index (χ0n) is 8.68. The zero-order chi connectivity index (χ0) is 9.19. The number of hydrogen-bond acceptors (Lipinski definition) is 2. The summed E-state index contributed by atoms with van der Waals surface area (Å²) in [6.07, 6.45) is 6.39. The van der Waals surface area contributed by atoms with Gasteiger partial charge in [-0.1, -0.05) is 20.3 Å². The van der Waals surface area contributed by atoms with Crippen molar-refractivity contribution < 1.29 is 0 Å². The fourth-order valence-corrected chi connectivity index (χ4v) is 3.59. The summed E-state index contributed by atoms with van der Waals surface area (Å²) in [5.74, 6) is 0. The van der Waals surface area contributed by atoms with E-state index in [9.17, 15) is 0 Å². The van der Waals surface area contributed by atoms with Crippen molar-refractivity contribution in [2.24, 2.45) is 5.41 Å². The van der Waals surface area contributed by atoms with E-state index in [2.05, 4.69) is 32.5 Å². The summed E-state index contributed by atoms with van der Waals surface area (Å²) in [5, 5.41) is 4.29. The van der Waals surface area contributed by atoms with Crippen molar-refractivity contribution in [2.45, 2.75) is 44.4 Å². The SMILES string of the molecule is CNC1C(SC)CCCC1(C)C. The molecule has 1 fully saturated rings. The summed E-state index contributed by atoms with van der Waals surface area (Å²) in [7, 11) is 2.10. The lowest BCUT2D eigenvalue weighted by Crippen LogP contribution is -2.49. The quantitative estimate of drug-likeness (QED) is 0.713. The molecule has 12 heavy (non-hydrogen) atoms. The highest BCUT2D eigenvalue weighted by molar-refractivity contribution is 7.99. The monoisotopic (exact) mass is 187 g/mol. The van der Waals surface area contributed by atoms with E-state index in [1.807, 2.05) is 11.8 Å². The van der Waals surface area contributed by atoms with Gasteiger partial charge in [-0.05, 0) is 31.6 Å². The summed E-state index contributed by atoms with van der Waals surface area (Å²) in [4.78, 5) is 0. The molecule has 0 heterocycles. The van der Waals surface area contributed by atoms with Crippen LogP contribution in [-0.4, -0.2) is 24.6 Å². The first-order valence-corrected chi connectivity index (χ1v) is 6.10. The van der Waals surface area contributed by atoms with Gasteiger partial charge in [-0.25, -0.2) is 0 Å². The van der Waals surface area contributed by atoms with Crippen LogP contribution in [0.15, 0.2) is 0 Å². The standard InChI is InChI=1S/C10H21NS/c1-10(2)7-5-6-8(12-4)9(10)11-3/h8-9,11H,5-7H2,1-4H3. The van der Waals surface area contributed by atoms with Crippen molar-refractivity contribution in [2.75, 3.05) is 13.3 Å². The van der Waals surface area contributed by atoms with Gasteiger partial charge in [-0.2, -0.15) is 11.8 Å². The predicted octanol–water partition coefficient (Wildman–Crippen LogP) is 2.52. The van der Waals surface area contributed by atoms with Crippen LogP contribution in [0.5, 0.6) is 0 Å². The number of thioether (sulfide) groups is 1. The summed E-state index contributed by atoms with van der Waals surface area (Å²) in [6.45, 7) is 4.77. The smallest absolute Gasteiger partial charge is 0.0234 e. The number of hydrogen-bond donors (Lipinski definition) is 1. The Kier molecular flexibility index (Phi) is 3.47. The van der Waals surface area contributed by atoms with Crippen molar-refractivity contribution in [1.82, 2.24) is 5.32 Å². The average Bonchev–Trinajstić information content (AvgIpc) is 2.02. The zero-order valence-corrected chi connectivity index (χ0v) is 9.50. The van der Waals surface area contributed by atoms with Crippen LogP contribution in [-0.2, 0) is 0 Å². The van der Waals surface area contributed by atoms with E-state index in [0.29, 0.717) is 11.5 Å². The topological polar surface area (TPSA) is 12.0 Å². The lowest BCUT2D eigenvalue weighted by molar-refractivity contribution is 0.182. The highest BCUT2D eigenvalue weighted by Crippen LogP contribution is 2.39. The highest BCUT2D eigenvalue weighted by Gasteiger charge is 2.37. The van der Waals surface area contributed by atoms with Gasteiger partial charge in [0, 0.05) is 11.3 Å². The molecular formula is C10H21NS. The summed E-state index contributed by atoms with van der Waals surface area (Å²) in [6, 6.07) is 0.696. The second-order valence-corrected chi connectivity index (χ2v) is 5.50. The van der Waals surface area contributed by atoms with Crippen molar-refractivity contribution in [3.05, 3.63) is 0 Å². The molecule has 0 bridgehead atoms. The summed E-state index contributed by atoms with van der Waals surface area (Å²) in [5.41, 5.74) is 0.487. The van der Waals surface area contributed by atoms with Gasteiger partial charge in [0.1, 0.15) is 0 Å². The third-order valence-electron chi connectivity index (χ3n) is 3.14. The molecule has 0 saturated heterocycles. The fourth-order valence-electron chi connectivity index (χ4n) is 2.41. The molecule has 2 atom stereocenters. The second-order valence-electron chi connectivity index (χ2n) is 4.42. The molecule has 2 heteroatoms. The first kappa shape index (κ1) is 10.4. The first-order valence-electron chi connectivity index (χ1n) is 4.82. The lowest BCUT2D eigenvalue weighted by Gasteiger charge is -2.43. The van der Waals surface area contributed by atoms with Gasteiger partial charge in [0.15, 0.2) is 0 Å². The van der Waals surface area contributed by atoms with Crippen molar-refractivity contribution in [3.63, 3.8) is 0 Å². The Bertz CT molecular complexity index is 145. The molecule has 2 unspecified atom stereocenters. The minimum Gasteiger partial charge on any atom is -0.315 e. The molecule has 0 aliphatic heterocycles. The van der Waals surface area contributed by atoms with Crippen molar-refractivity contribution in [1.29, 1.82) is 0 Å². The molecule has 1 aliphatic carbocycles. The minimum absolute atomic E-state index is 0.487. The Morgan fingerprint density at radius 2 is 2.08 bits per heavy atom. The number of rotatable bonds is 2. The van der Waals surface area contributed by atoms with Crippen LogP contribution in [0.4, 0.5) is 0 Å². The summed E-state index contributed by atoms with van der Waals surface area (Å²) < 4.78 is 0. The Balaban J connectivity index is 2.66. The molecular weight excluding hydrogens is 166 g/mol. The normalized spacial score (nSPS) is 35.0. The minimum atomic E-state index is 0.487. The van der Waals surface area contributed by atoms with E-state index in [1.54, 1.807) is 0 Å². The van der Waals surface area contributed by atoms with E-state index in [1.165, 1.54) is 19.3 Å². The molecule has 1 N–H and O–H groups in total. The van der Waals surface area contributed by atoms with Crippen LogP contribution in [0.25, 0.3) is 0 Å². The van der Waals surface area contributed by atoms with Crippen LogP contribution >= 0.6 is 11.8 Å². The molecule has 0 radical (unpaired) electrons. The van der Waals surface area contributed by atoms with Gasteiger partial charge < -0.3 is 5.32 Å². The van der Waals surface area contributed by atoms with Gasteiger partial charge in [-0.15, -0.1) is 0 Å². The lowest BCUT2D eigenvalue weighted by atomic mass is 9.73. The molecule has 0 aromatic carbocycles. The van der Waals surface area contributed by atoms with Crippen LogP contribution in [0.1, 0.15) is 33.1 Å². The number of nitrogens with one attached hydrogen (secondary N) is 1. The van der Waals surface area contributed by atoms with Gasteiger partial charge in [0.2, 0.25) is 0 Å². The predicted molar refractivity (Wildman–Crippen MR) is 57.8 cm³/mol. The average molecular weight is 187 g/mol. The second kappa shape index (κ2) is 4.01. The molecule has 1 nitrogen and oxygen atoms in total. The molecule has 1 aliphatic rings. The van der Waals surface area contributed by atoms with Gasteiger partial charge in [-0.3, -0.25) is 0 Å². The van der Waals surface area contributed by atoms with Crippen molar-refractivity contribution in [3.8, 4) is 0 Å². The van der Waals surface area contributed by atoms with E-state index in [0.717, 1.165) is 5.25 Å².